The fourth-order valence-electron chi connectivity index (χ4n) is 1.30. The SMILES string of the molecule is CCOC(C)(C)CCC(=O)OC(C)(C)CC. The zero-order valence-corrected chi connectivity index (χ0v) is 11.6. The van der Waals surface area contributed by atoms with Crippen LogP contribution in [-0.2, 0) is 14.3 Å². The molecule has 0 aliphatic heterocycles. The Bertz CT molecular complexity index is 219. The molecule has 0 heterocycles. The van der Waals surface area contributed by atoms with Gasteiger partial charge in [-0.05, 0) is 47.5 Å². The topological polar surface area (TPSA) is 35.5 Å². The molecular weight excluding hydrogens is 204 g/mol. The van der Waals surface area contributed by atoms with Gasteiger partial charge in [-0.3, -0.25) is 4.79 Å². The number of ether oxygens (including phenoxy) is 2. The van der Waals surface area contributed by atoms with Gasteiger partial charge in [0.15, 0.2) is 0 Å². The van der Waals surface area contributed by atoms with E-state index in [9.17, 15) is 4.79 Å². The van der Waals surface area contributed by atoms with Crippen LogP contribution in [0.25, 0.3) is 0 Å². The second kappa shape index (κ2) is 6.24. The Morgan fingerprint density at radius 2 is 1.62 bits per heavy atom. The highest BCUT2D eigenvalue weighted by molar-refractivity contribution is 5.69. The van der Waals surface area contributed by atoms with Crippen LogP contribution in [0.2, 0.25) is 0 Å². The van der Waals surface area contributed by atoms with Crippen LogP contribution < -0.4 is 0 Å². The van der Waals surface area contributed by atoms with Gasteiger partial charge in [-0.25, -0.2) is 0 Å². The molecule has 0 aliphatic rings. The van der Waals surface area contributed by atoms with Crippen molar-refractivity contribution in [3.05, 3.63) is 0 Å². The minimum atomic E-state index is -0.354. The van der Waals surface area contributed by atoms with Gasteiger partial charge in [-0.1, -0.05) is 6.92 Å². The first-order valence-electron chi connectivity index (χ1n) is 6.08. The summed E-state index contributed by atoms with van der Waals surface area (Å²) in [6.45, 7) is 12.5. The summed E-state index contributed by atoms with van der Waals surface area (Å²) >= 11 is 0. The first-order valence-corrected chi connectivity index (χ1v) is 6.08. The number of hydrogen-bond donors (Lipinski definition) is 0. The molecular formula is C13H26O3. The molecule has 0 saturated carbocycles. The maximum atomic E-state index is 11.6. The highest BCUT2D eigenvalue weighted by Crippen LogP contribution is 2.19. The molecule has 0 rings (SSSR count). The molecule has 0 amide bonds. The fourth-order valence-corrected chi connectivity index (χ4v) is 1.30. The molecule has 96 valence electrons. The molecule has 0 fully saturated rings. The Kier molecular flexibility index (Phi) is 6.01. The standard InChI is InChI=1S/C13H26O3/c1-7-12(3,4)16-11(14)9-10-13(5,6)15-8-2/h7-10H2,1-6H3. The predicted octanol–water partition coefficient (Wildman–Crippen LogP) is 3.31. The van der Waals surface area contributed by atoms with Gasteiger partial charge < -0.3 is 9.47 Å². The average Bonchev–Trinajstić information content (AvgIpc) is 2.14. The minimum Gasteiger partial charge on any atom is -0.460 e. The predicted molar refractivity (Wildman–Crippen MR) is 65.4 cm³/mol. The van der Waals surface area contributed by atoms with Crippen LogP contribution in [-0.4, -0.2) is 23.8 Å². The van der Waals surface area contributed by atoms with Crippen LogP contribution in [0.4, 0.5) is 0 Å². The van der Waals surface area contributed by atoms with Crippen LogP contribution in [0.15, 0.2) is 0 Å². The quantitative estimate of drug-likeness (QED) is 0.629. The molecule has 0 bridgehead atoms. The number of rotatable bonds is 7. The monoisotopic (exact) mass is 230 g/mol. The lowest BCUT2D eigenvalue weighted by atomic mass is 10.0. The zero-order valence-electron chi connectivity index (χ0n) is 11.6. The van der Waals surface area contributed by atoms with Crippen molar-refractivity contribution in [2.24, 2.45) is 0 Å². The first-order chi connectivity index (χ1) is 7.22. The third-order valence-corrected chi connectivity index (χ3v) is 2.71. The number of carbonyl (C=O) groups excluding carboxylic acids is 1. The lowest BCUT2D eigenvalue weighted by Crippen LogP contribution is -2.30. The molecule has 3 heteroatoms. The lowest BCUT2D eigenvalue weighted by molar-refractivity contribution is -0.158. The second-order valence-corrected chi connectivity index (χ2v) is 5.28. The fraction of sp³-hybridized carbons (Fsp3) is 0.923. The highest BCUT2D eigenvalue weighted by atomic mass is 16.6. The maximum Gasteiger partial charge on any atom is 0.306 e. The van der Waals surface area contributed by atoms with Crippen LogP contribution in [0.1, 0.15) is 60.8 Å². The molecule has 0 aromatic heterocycles. The van der Waals surface area contributed by atoms with Gasteiger partial charge in [0.1, 0.15) is 5.60 Å². The lowest BCUT2D eigenvalue weighted by Gasteiger charge is -2.26. The third-order valence-electron chi connectivity index (χ3n) is 2.71. The van der Waals surface area contributed by atoms with E-state index in [1.807, 2.05) is 41.5 Å². The molecule has 16 heavy (non-hydrogen) atoms. The summed E-state index contributed by atoms with van der Waals surface area (Å²) < 4.78 is 10.9. The van der Waals surface area contributed by atoms with E-state index in [2.05, 4.69) is 0 Å². The maximum absolute atomic E-state index is 11.6. The summed E-state index contributed by atoms with van der Waals surface area (Å²) in [6, 6.07) is 0. The normalized spacial score (nSPS) is 12.6. The van der Waals surface area contributed by atoms with E-state index < -0.39 is 0 Å². The van der Waals surface area contributed by atoms with Gasteiger partial charge in [0.05, 0.1) is 5.60 Å². The van der Waals surface area contributed by atoms with E-state index in [-0.39, 0.29) is 17.2 Å². The van der Waals surface area contributed by atoms with Crippen molar-refractivity contribution < 1.29 is 14.3 Å². The van der Waals surface area contributed by atoms with Crippen molar-refractivity contribution >= 4 is 5.97 Å². The Labute approximate surface area is 99.5 Å². The van der Waals surface area contributed by atoms with E-state index >= 15 is 0 Å². The summed E-state index contributed by atoms with van der Waals surface area (Å²) in [4.78, 5) is 11.6. The molecule has 0 radical (unpaired) electrons. The zero-order chi connectivity index (χ0) is 12.8. The summed E-state index contributed by atoms with van der Waals surface area (Å²) in [5, 5.41) is 0. The van der Waals surface area contributed by atoms with Crippen molar-refractivity contribution in [1.29, 1.82) is 0 Å². The second-order valence-electron chi connectivity index (χ2n) is 5.28. The summed E-state index contributed by atoms with van der Waals surface area (Å²) in [6.07, 6.45) is 1.93. The van der Waals surface area contributed by atoms with Gasteiger partial charge in [-0.15, -0.1) is 0 Å². The van der Waals surface area contributed by atoms with Crippen LogP contribution in [0, 0.1) is 0 Å². The van der Waals surface area contributed by atoms with Crippen molar-refractivity contribution in [2.75, 3.05) is 6.61 Å². The first kappa shape index (κ1) is 15.4. The van der Waals surface area contributed by atoms with Crippen LogP contribution in [0.5, 0.6) is 0 Å². The third kappa shape index (κ3) is 6.83. The molecule has 0 spiro atoms. The van der Waals surface area contributed by atoms with Gasteiger partial charge in [0.2, 0.25) is 0 Å². The van der Waals surface area contributed by atoms with Crippen LogP contribution in [0.3, 0.4) is 0 Å². The van der Waals surface area contributed by atoms with Crippen molar-refractivity contribution in [3.63, 3.8) is 0 Å². The molecule has 0 unspecified atom stereocenters. The van der Waals surface area contributed by atoms with E-state index in [4.69, 9.17) is 9.47 Å². The van der Waals surface area contributed by atoms with Crippen molar-refractivity contribution in [2.45, 2.75) is 72.0 Å². The molecule has 0 N–H and O–H groups in total. The molecule has 0 aliphatic carbocycles. The van der Waals surface area contributed by atoms with Crippen molar-refractivity contribution in [3.8, 4) is 0 Å². The van der Waals surface area contributed by atoms with E-state index in [0.717, 1.165) is 6.42 Å². The Hall–Kier alpha value is -0.570. The highest BCUT2D eigenvalue weighted by Gasteiger charge is 2.23. The largest absolute Gasteiger partial charge is 0.460 e. The number of esters is 1. The van der Waals surface area contributed by atoms with E-state index in [1.165, 1.54) is 0 Å². The number of carbonyl (C=O) groups is 1. The average molecular weight is 230 g/mol. The minimum absolute atomic E-state index is 0.139. The van der Waals surface area contributed by atoms with Gasteiger partial charge in [-0.2, -0.15) is 0 Å². The molecule has 0 aromatic rings. The van der Waals surface area contributed by atoms with Gasteiger partial charge in [0.25, 0.3) is 0 Å². The Balaban J connectivity index is 3.99. The van der Waals surface area contributed by atoms with Gasteiger partial charge in [0, 0.05) is 13.0 Å². The van der Waals surface area contributed by atoms with E-state index in [1.54, 1.807) is 0 Å². The smallest absolute Gasteiger partial charge is 0.306 e. The van der Waals surface area contributed by atoms with Gasteiger partial charge >= 0.3 is 5.97 Å². The summed E-state index contributed by atoms with van der Waals surface area (Å²) in [7, 11) is 0. The molecule has 0 saturated heterocycles. The number of hydrogen-bond acceptors (Lipinski definition) is 3. The Morgan fingerprint density at radius 1 is 1.06 bits per heavy atom. The van der Waals surface area contributed by atoms with Crippen LogP contribution >= 0.6 is 0 Å². The molecule has 3 nitrogen and oxygen atoms in total. The Morgan fingerprint density at radius 3 is 2.06 bits per heavy atom. The molecule has 0 atom stereocenters. The van der Waals surface area contributed by atoms with E-state index in [0.29, 0.717) is 19.4 Å². The van der Waals surface area contributed by atoms with Crippen molar-refractivity contribution in [1.82, 2.24) is 0 Å². The summed E-state index contributed by atoms with van der Waals surface area (Å²) in [5.74, 6) is -0.139. The molecule has 0 aromatic carbocycles. The summed E-state index contributed by atoms with van der Waals surface area (Å²) in [5.41, 5.74) is -0.600.